The van der Waals surface area contributed by atoms with Gasteiger partial charge >= 0.3 is 6.09 Å². The van der Waals surface area contributed by atoms with E-state index in [0.717, 1.165) is 12.0 Å². The summed E-state index contributed by atoms with van der Waals surface area (Å²) in [6.07, 6.45) is 1.30. The highest BCUT2D eigenvalue weighted by atomic mass is 32.2. The van der Waals surface area contributed by atoms with E-state index in [-0.39, 0.29) is 22.6 Å². The molecule has 0 radical (unpaired) electrons. The molecule has 3 aromatic rings. The third-order valence-corrected chi connectivity index (χ3v) is 11.5. The number of hydrogen-bond acceptors (Lipinski definition) is 9. The fourth-order valence-corrected chi connectivity index (χ4v) is 7.85. The number of anilines is 2. The Kier molecular flexibility index (Phi) is 10.7. The van der Waals surface area contributed by atoms with Gasteiger partial charge in [-0.3, -0.25) is 14.9 Å². The van der Waals surface area contributed by atoms with Crippen LogP contribution in [0.5, 0.6) is 11.5 Å². The number of methoxy groups -OCH3 is 3. The van der Waals surface area contributed by atoms with Crippen molar-refractivity contribution in [2.75, 3.05) is 45.1 Å². The van der Waals surface area contributed by atoms with Crippen LogP contribution >= 0.6 is 0 Å². The number of benzene rings is 3. The number of carbonyl (C=O) groups is 3. The lowest BCUT2D eigenvalue weighted by Crippen LogP contribution is -2.38. The first-order valence-corrected chi connectivity index (χ1v) is 17.9. The van der Waals surface area contributed by atoms with Gasteiger partial charge in [0.2, 0.25) is 5.91 Å². The first-order chi connectivity index (χ1) is 23.4. The van der Waals surface area contributed by atoms with Crippen molar-refractivity contribution in [1.29, 1.82) is 0 Å². The highest BCUT2D eigenvalue weighted by molar-refractivity contribution is 7.92. The second-order valence-corrected chi connectivity index (χ2v) is 14.9. The normalized spacial score (nSPS) is 17.9. The molecule has 12 nitrogen and oxygen atoms in total. The van der Waals surface area contributed by atoms with Crippen LogP contribution in [0.25, 0.3) is 0 Å². The van der Waals surface area contributed by atoms with Crippen molar-refractivity contribution >= 4 is 39.1 Å². The molecule has 0 aromatic heterocycles. The molecule has 2 aliphatic rings. The molecule has 0 spiro atoms. The monoisotopic (exact) mass is 692 g/mol. The molecular weight excluding hydrogens is 648 g/mol. The van der Waals surface area contributed by atoms with E-state index >= 15 is 0 Å². The summed E-state index contributed by atoms with van der Waals surface area (Å²) in [7, 11) is 0.514. The minimum Gasteiger partial charge on any atom is -0.493 e. The van der Waals surface area contributed by atoms with Crippen molar-refractivity contribution in [2.45, 2.75) is 68.2 Å². The molecule has 3 atom stereocenters. The van der Waals surface area contributed by atoms with Gasteiger partial charge in [-0.15, -0.1) is 0 Å². The van der Waals surface area contributed by atoms with E-state index in [1.165, 1.54) is 33.5 Å². The first kappa shape index (κ1) is 35.5. The molecule has 2 heterocycles. The summed E-state index contributed by atoms with van der Waals surface area (Å²) in [6.45, 7) is 6.24. The van der Waals surface area contributed by atoms with Crippen LogP contribution in [0.1, 0.15) is 85.1 Å². The van der Waals surface area contributed by atoms with Gasteiger partial charge < -0.3 is 29.7 Å². The first-order valence-electron chi connectivity index (χ1n) is 16.4. The van der Waals surface area contributed by atoms with Crippen LogP contribution in [0.15, 0.2) is 59.5 Å². The quantitative estimate of drug-likeness (QED) is 0.226. The summed E-state index contributed by atoms with van der Waals surface area (Å²) in [5, 5.41) is 8.25. The summed E-state index contributed by atoms with van der Waals surface area (Å²) in [5.41, 5.74) is 3.43. The van der Waals surface area contributed by atoms with Crippen LogP contribution in [0.2, 0.25) is 0 Å². The Hall–Kier alpha value is -4.78. The topological polar surface area (TPSA) is 152 Å². The van der Waals surface area contributed by atoms with E-state index in [1.54, 1.807) is 49.1 Å². The largest absolute Gasteiger partial charge is 0.493 e. The van der Waals surface area contributed by atoms with Gasteiger partial charge in [0.05, 0.1) is 37.5 Å². The molecule has 0 bridgehead atoms. The van der Waals surface area contributed by atoms with Gasteiger partial charge in [0.25, 0.3) is 5.91 Å². The number of nitrogens with zero attached hydrogens (tertiary/aromatic N) is 1. The number of rotatable bonds is 11. The Balaban J connectivity index is 1.59. The lowest BCUT2D eigenvalue weighted by Gasteiger charge is -2.32. The highest BCUT2D eigenvalue weighted by Gasteiger charge is 2.38. The number of nitrogens with one attached hydrogen (secondary N) is 3. The number of hydrogen-bond donors (Lipinski definition) is 3. The maximum Gasteiger partial charge on any atom is 0.411 e. The molecular formula is C36H44N4O8S. The summed E-state index contributed by atoms with van der Waals surface area (Å²) in [5.74, 6) is 0.640. The van der Waals surface area contributed by atoms with Gasteiger partial charge in [0.1, 0.15) is 6.04 Å². The average Bonchev–Trinajstić information content (AvgIpc) is 3.60. The molecule has 1 fully saturated rings. The SMILES string of the molecule is CCC1CNC(=O)c2cc(NC(C(=O)N3CCC[C@@H]3c3cc(NC(=O)OC)ccc3S(=O)(=O)C(C)C)c3ccc(OC)c(OC)c3)ccc21. The van der Waals surface area contributed by atoms with Crippen LogP contribution in [-0.2, 0) is 19.4 Å². The Morgan fingerprint density at radius 3 is 2.37 bits per heavy atom. The number of fused-ring (bicyclic) bond motifs is 1. The van der Waals surface area contributed by atoms with Crippen molar-refractivity contribution in [3.05, 3.63) is 76.9 Å². The Bertz CT molecular complexity index is 1840. The number of amides is 3. The van der Waals surface area contributed by atoms with Gasteiger partial charge in [-0.05, 0) is 92.3 Å². The standard InChI is InChI=1S/C36H44N4O8S/c1-7-22-20-37-34(41)27-18-24(11-13-26(22)27)38-33(23-10-14-30(46-4)31(17-23)47-5)35(42)40-16-8-9-29(40)28-19-25(39-36(43)48-6)12-15-32(28)49(44,45)21(2)3/h10-15,17-19,21-22,29,33,38H,7-9,16,20H2,1-6H3,(H,37,41)(H,39,43)/t22?,29-,33?/m1/s1. The molecule has 0 aliphatic carbocycles. The maximum atomic E-state index is 14.8. The van der Waals surface area contributed by atoms with Crippen molar-refractivity contribution in [3.8, 4) is 11.5 Å². The molecule has 2 unspecified atom stereocenters. The molecule has 5 rings (SSSR count). The molecule has 262 valence electrons. The van der Waals surface area contributed by atoms with Gasteiger partial charge in [0, 0.05) is 35.9 Å². The minimum absolute atomic E-state index is 0.101. The van der Waals surface area contributed by atoms with Gasteiger partial charge in [-0.2, -0.15) is 0 Å². The molecule has 3 amide bonds. The molecule has 2 aliphatic heterocycles. The number of carbonyl (C=O) groups excluding carboxylic acids is 3. The van der Waals surface area contributed by atoms with Crippen molar-refractivity contribution < 1.29 is 37.0 Å². The van der Waals surface area contributed by atoms with Gasteiger partial charge in [-0.25, -0.2) is 13.2 Å². The van der Waals surface area contributed by atoms with Crippen LogP contribution in [0.4, 0.5) is 16.2 Å². The molecule has 3 N–H and O–H groups in total. The molecule has 3 aromatic carbocycles. The van der Waals surface area contributed by atoms with Gasteiger partial charge in [-0.1, -0.05) is 19.1 Å². The zero-order chi connectivity index (χ0) is 35.5. The molecule has 1 saturated heterocycles. The van der Waals surface area contributed by atoms with Crippen molar-refractivity contribution in [3.63, 3.8) is 0 Å². The van der Waals surface area contributed by atoms with Crippen LogP contribution in [-0.4, -0.2) is 70.9 Å². The smallest absolute Gasteiger partial charge is 0.411 e. The van der Waals surface area contributed by atoms with Gasteiger partial charge in [0.15, 0.2) is 21.3 Å². The lowest BCUT2D eigenvalue weighted by atomic mass is 9.88. The number of ether oxygens (including phenoxy) is 3. The van der Waals surface area contributed by atoms with Crippen LogP contribution < -0.4 is 25.4 Å². The zero-order valence-corrected chi connectivity index (χ0v) is 29.5. The Morgan fingerprint density at radius 2 is 1.69 bits per heavy atom. The van der Waals surface area contributed by atoms with E-state index in [9.17, 15) is 22.8 Å². The fraction of sp³-hybridized carbons (Fsp3) is 0.417. The number of sulfone groups is 1. The van der Waals surface area contributed by atoms with E-state index in [0.29, 0.717) is 65.5 Å². The van der Waals surface area contributed by atoms with Crippen molar-refractivity contribution in [2.24, 2.45) is 0 Å². The number of likely N-dealkylation sites (tertiary alicyclic amines) is 1. The fourth-order valence-electron chi connectivity index (χ4n) is 6.56. The minimum atomic E-state index is -3.77. The maximum absolute atomic E-state index is 14.8. The molecule has 49 heavy (non-hydrogen) atoms. The van der Waals surface area contributed by atoms with E-state index in [2.05, 4.69) is 22.9 Å². The Morgan fingerprint density at radius 1 is 0.959 bits per heavy atom. The molecule has 0 saturated carbocycles. The predicted molar refractivity (Wildman–Crippen MR) is 186 cm³/mol. The van der Waals surface area contributed by atoms with E-state index in [4.69, 9.17) is 14.2 Å². The highest BCUT2D eigenvalue weighted by Crippen LogP contribution is 2.41. The van der Waals surface area contributed by atoms with Crippen LogP contribution in [0, 0.1) is 0 Å². The second-order valence-electron chi connectivity index (χ2n) is 12.5. The summed E-state index contributed by atoms with van der Waals surface area (Å²) >= 11 is 0. The van der Waals surface area contributed by atoms with E-state index in [1.807, 2.05) is 12.1 Å². The molecule has 13 heteroatoms. The predicted octanol–water partition coefficient (Wildman–Crippen LogP) is 5.82. The summed E-state index contributed by atoms with van der Waals surface area (Å²) in [4.78, 5) is 41.6. The summed E-state index contributed by atoms with van der Waals surface area (Å²) < 4.78 is 43.0. The lowest BCUT2D eigenvalue weighted by molar-refractivity contribution is -0.133. The summed E-state index contributed by atoms with van der Waals surface area (Å²) in [6, 6.07) is 13.8. The second kappa shape index (κ2) is 14.8. The van der Waals surface area contributed by atoms with Crippen LogP contribution in [0.3, 0.4) is 0 Å². The van der Waals surface area contributed by atoms with Crippen molar-refractivity contribution in [1.82, 2.24) is 10.2 Å². The third-order valence-electron chi connectivity index (χ3n) is 9.30. The average molecular weight is 693 g/mol. The Labute approximate surface area is 287 Å². The van der Waals surface area contributed by atoms with E-state index < -0.39 is 33.3 Å². The zero-order valence-electron chi connectivity index (χ0n) is 28.7. The third kappa shape index (κ3) is 7.17.